The molecule has 0 saturated carbocycles. The smallest absolute Gasteiger partial charge is 0.326 e. The number of carboxylic acids is 1. The zero-order valence-corrected chi connectivity index (χ0v) is 9.81. The average Bonchev–Trinajstić information content (AvgIpc) is 2.60. The van der Waals surface area contributed by atoms with Gasteiger partial charge in [-0.25, -0.2) is 4.79 Å². The molecule has 2 unspecified atom stereocenters. The Hall–Kier alpha value is -1.10. The van der Waals surface area contributed by atoms with Gasteiger partial charge in [0.1, 0.15) is 12.6 Å². The molecule has 0 radical (unpaired) electrons. The summed E-state index contributed by atoms with van der Waals surface area (Å²) in [6, 6.07) is -0.683. The summed E-state index contributed by atoms with van der Waals surface area (Å²) in [6.07, 6.45) is 1.60. The molecule has 0 aliphatic carbocycles. The standard InChI is InChI=1S/C11H19NO4/c1-3-6-16-7-9(13)12-5-4-8(2)10(12)11(14)15/h8,10H,3-7H2,1-2H3,(H,14,15). The minimum Gasteiger partial charge on any atom is -0.480 e. The first-order valence-corrected chi connectivity index (χ1v) is 5.68. The molecule has 1 N–H and O–H groups in total. The monoisotopic (exact) mass is 229 g/mol. The summed E-state index contributed by atoms with van der Waals surface area (Å²) in [6.45, 7) is 4.87. The molecule has 2 atom stereocenters. The first kappa shape index (κ1) is 13.0. The van der Waals surface area contributed by atoms with E-state index < -0.39 is 12.0 Å². The normalized spacial score (nSPS) is 24.8. The van der Waals surface area contributed by atoms with Crippen LogP contribution < -0.4 is 0 Å². The zero-order valence-electron chi connectivity index (χ0n) is 9.81. The van der Waals surface area contributed by atoms with Gasteiger partial charge in [0.2, 0.25) is 5.91 Å². The predicted molar refractivity (Wildman–Crippen MR) is 58.0 cm³/mol. The van der Waals surface area contributed by atoms with Gasteiger partial charge in [-0.2, -0.15) is 0 Å². The molecule has 5 heteroatoms. The molecule has 1 saturated heterocycles. The van der Waals surface area contributed by atoms with Gasteiger partial charge in [-0.05, 0) is 18.8 Å². The highest BCUT2D eigenvalue weighted by Gasteiger charge is 2.39. The number of carbonyl (C=O) groups excluding carboxylic acids is 1. The summed E-state index contributed by atoms with van der Waals surface area (Å²) in [5.41, 5.74) is 0. The van der Waals surface area contributed by atoms with E-state index in [1.165, 1.54) is 4.90 Å². The van der Waals surface area contributed by atoms with Gasteiger partial charge >= 0.3 is 5.97 Å². The third kappa shape index (κ3) is 2.95. The molecule has 1 heterocycles. The second-order valence-corrected chi connectivity index (χ2v) is 4.19. The molecule has 0 bridgehead atoms. The lowest BCUT2D eigenvalue weighted by Crippen LogP contribution is -2.44. The van der Waals surface area contributed by atoms with Crippen molar-refractivity contribution >= 4 is 11.9 Å². The average molecular weight is 229 g/mol. The molecule has 0 aromatic heterocycles. The van der Waals surface area contributed by atoms with E-state index in [4.69, 9.17) is 9.84 Å². The van der Waals surface area contributed by atoms with Crippen LogP contribution in [0.1, 0.15) is 26.7 Å². The summed E-state index contributed by atoms with van der Waals surface area (Å²) < 4.78 is 5.14. The predicted octanol–water partition coefficient (Wildman–Crippen LogP) is 0.735. The molecule has 1 aliphatic heterocycles. The number of rotatable bonds is 5. The highest BCUT2D eigenvalue weighted by atomic mass is 16.5. The second kappa shape index (κ2) is 5.84. The lowest BCUT2D eigenvalue weighted by molar-refractivity contribution is -0.151. The number of ether oxygens (including phenoxy) is 1. The van der Waals surface area contributed by atoms with E-state index in [0.29, 0.717) is 13.2 Å². The molecule has 92 valence electrons. The summed E-state index contributed by atoms with van der Waals surface area (Å²) >= 11 is 0. The van der Waals surface area contributed by atoms with E-state index in [0.717, 1.165) is 12.8 Å². The van der Waals surface area contributed by atoms with E-state index in [1.54, 1.807) is 0 Å². The van der Waals surface area contributed by atoms with Crippen LogP contribution in [0.4, 0.5) is 0 Å². The molecule has 1 amide bonds. The molecular formula is C11H19NO4. The van der Waals surface area contributed by atoms with Gasteiger partial charge in [0.05, 0.1) is 0 Å². The third-order valence-electron chi connectivity index (χ3n) is 2.85. The Morgan fingerprint density at radius 2 is 2.19 bits per heavy atom. The molecular weight excluding hydrogens is 210 g/mol. The van der Waals surface area contributed by atoms with Crippen LogP contribution in [0.3, 0.4) is 0 Å². The highest BCUT2D eigenvalue weighted by Crippen LogP contribution is 2.24. The number of nitrogens with zero attached hydrogens (tertiary/aromatic N) is 1. The minimum atomic E-state index is -0.922. The summed E-state index contributed by atoms with van der Waals surface area (Å²) in [5, 5.41) is 9.04. The Morgan fingerprint density at radius 1 is 1.50 bits per heavy atom. The van der Waals surface area contributed by atoms with Crippen molar-refractivity contribution in [1.29, 1.82) is 0 Å². The van der Waals surface area contributed by atoms with Crippen LogP contribution in [0.15, 0.2) is 0 Å². The van der Waals surface area contributed by atoms with Crippen molar-refractivity contribution in [3.63, 3.8) is 0 Å². The van der Waals surface area contributed by atoms with Crippen LogP contribution >= 0.6 is 0 Å². The van der Waals surface area contributed by atoms with Crippen molar-refractivity contribution < 1.29 is 19.4 Å². The van der Waals surface area contributed by atoms with Crippen molar-refractivity contribution in [3.05, 3.63) is 0 Å². The first-order chi connectivity index (χ1) is 7.57. The van der Waals surface area contributed by atoms with Crippen LogP contribution in [0.25, 0.3) is 0 Å². The molecule has 0 aromatic carbocycles. The molecule has 5 nitrogen and oxygen atoms in total. The molecule has 1 fully saturated rings. The van der Waals surface area contributed by atoms with Crippen molar-refractivity contribution in [2.24, 2.45) is 5.92 Å². The number of carbonyl (C=O) groups is 2. The molecule has 16 heavy (non-hydrogen) atoms. The number of hydrogen-bond acceptors (Lipinski definition) is 3. The molecule has 1 rings (SSSR count). The first-order valence-electron chi connectivity index (χ1n) is 5.68. The van der Waals surface area contributed by atoms with Gasteiger partial charge < -0.3 is 14.7 Å². The van der Waals surface area contributed by atoms with Crippen molar-refractivity contribution in [2.45, 2.75) is 32.7 Å². The Balaban J connectivity index is 2.51. The van der Waals surface area contributed by atoms with Gasteiger partial charge in [-0.3, -0.25) is 4.79 Å². The van der Waals surface area contributed by atoms with E-state index >= 15 is 0 Å². The summed E-state index contributed by atoms with van der Waals surface area (Å²) in [4.78, 5) is 24.2. The molecule has 0 spiro atoms. The van der Waals surface area contributed by atoms with E-state index in [9.17, 15) is 9.59 Å². The van der Waals surface area contributed by atoms with Gasteiger partial charge in [0.15, 0.2) is 0 Å². The Morgan fingerprint density at radius 3 is 2.75 bits per heavy atom. The largest absolute Gasteiger partial charge is 0.480 e. The van der Waals surface area contributed by atoms with Crippen LogP contribution in [0.2, 0.25) is 0 Å². The van der Waals surface area contributed by atoms with Gasteiger partial charge in [-0.15, -0.1) is 0 Å². The van der Waals surface area contributed by atoms with Gasteiger partial charge in [0.25, 0.3) is 0 Å². The van der Waals surface area contributed by atoms with Crippen molar-refractivity contribution in [3.8, 4) is 0 Å². The lowest BCUT2D eigenvalue weighted by Gasteiger charge is -2.23. The van der Waals surface area contributed by atoms with Crippen LogP contribution in [0, 0.1) is 5.92 Å². The maximum Gasteiger partial charge on any atom is 0.326 e. The number of amides is 1. The van der Waals surface area contributed by atoms with Crippen molar-refractivity contribution in [2.75, 3.05) is 19.8 Å². The molecule has 1 aliphatic rings. The SMILES string of the molecule is CCCOCC(=O)N1CCC(C)C1C(=O)O. The fourth-order valence-electron chi connectivity index (χ4n) is 1.99. The maximum absolute atomic E-state index is 11.7. The quantitative estimate of drug-likeness (QED) is 0.706. The van der Waals surface area contributed by atoms with Gasteiger partial charge in [0, 0.05) is 13.2 Å². The topological polar surface area (TPSA) is 66.8 Å². The zero-order chi connectivity index (χ0) is 12.1. The number of hydrogen-bond donors (Lipinski definition) is 1. The van der Waals surface area contributed by atoms with Crippen LogP contribution in [-0.4, -0.2) is 47.7 Å². The Bertz CT molecular complexity index is 267. The van der Waals surface area contributed by atoms with E-state index in [2.05, 4.69) is 0 Å². The number of carboxylic acid groups (broad SMARTS) is 1. The molecule has 0 aromatic rings. The van der Waals surface area contributed by atoms with Crippen LogP contribution in [0.5, 0.6) is 0 Å². The second-order valence-electron chi connectivity index (χ2n) is 4.19. The fourth-order valence-corrected chi connectivity index (χ4v) is 1.99. The Labute approximate surface area is 95.4 Å². The Kier molecular flexibility index (Phi) is 4.73. The fraction of sp³-hybridized carbons (Fsp3) is 0.818. The van der Waals surface area contributed by atoms with Crippen LogP contribution in [-0.2, 0) is 14.3 Å². The summed E-state index contributed by atoms with van der Waals surface area (Å²) in [5.74, 6) is -1.12. The number of aliphatic carboxylic acids is 1. The van der Waals surface area contributed by atoms with E-state index in [1.807, 2.05) is 13.8 Å². The number of likely N-dealkylation sites (tertiary alicyclic amines) is 1. The third-order valence-corrected chi connectivity index (χ3v) is 2.85. The maximum atomic E-state index is 11.7. The van der Waals surface area contributed by atoms with Crippen molar-refractivity contribution in [1.82, 2.24) is 4.90 Å². The van der Waals surface area contributed by atoms with Gasteiger partial charge in [-0.1, -0.05) is 13.8 Å². The highest BCUT2D eigenvalue weighted by molar-refractivity contribution is 5.85. The summed E-state index contributed by atoms with van der Waals surface area (Å²) in [7, 11) is 0. The minimum absolute atomic E-state index is 0.00958. The lowest BCUT2D eigenvalue weighted by atomic mass is 10.0. The van der Waals surface area contributed by atoms with E-state index in [-0.39, 0.29) is 18.4 Å².